The number of sulfonamides is 1. The summed E-state index contributed by atoms with van der Waals surface area (Å²) in [4.78, 5) is 12.2. The van der Waals surface area contributed by atoms with Gasteiger partial charge in [-0.05, 0) is 60.4 Å². The van der Waals surface area contributed by atoms with E-state index >= 15 is 0 Å². The lowest BCUT2D eigenvalue weighted by atomic mass is 10.1. The quantitative estimate of drug-likeness (QED) is 0.336. The number of ether oxygens (including phenoxy) is 1. The minimum absolute atomic E-state index is 0.355. The van der Waals surface area contributed by atoms with Crippen LogP contribution >= 0.6 is 0 Å². The first-order valence-electron chi connectivity index (χ1n) is 9.95. The maximum atomic E-state index is 12.2. The van der Waals surface area contributed by atoms with Gasteiger partial charge in [-0.3, -0.25) is 9.10 Å². The molecule has 0 radical (unpaired) electrons. The molecule has 0 unspecified atom stereocenters. The van der Waals surface area contributed by atoms with Crippen LogP contribution in [0.2, 0.25) is 0 Å². The lowest BCUT2D eigenvalue weighted by Gasteiger charge is -2.21. The molecule has 0 bridgehead atoms. The Morgan fingerprint density at radius 3 is 2.33 bits per heavy atom. The van der Waals surface area contributed by atoms with Gasteiger partial charge in [-0.2, -0.15) is 5.10 Å². The van der Waals surface area contributed by atoms with Crippen LogP contribution in [0.25, 0.3) is 0 Å². The van der Waals surface area contributed by atoms with Crippen molar-refractivity contribution in [2.75, 3.05) is 23.7 Å². The van der Waals surface area contributed by atoms with Crippen LogP contribution in [-0.2, 0) is 21.2 Å². The standard InChI is InChI=1S/C22H29N3O4S/c1-4-6-15-29-21-13-9-19(10-14-21)16-23-24-22(26)17-25(30(3,27)28)20-11-7-18(5-2)8-12-20/h7-14,16H,4-6,15,17H2,1-3H3,(H,24,26)/b23-16-. The number of nitrogens with one attached hydrogen (secondary N) is 1. The van der Waals surface area contributed by atoms with E-state index in [9.17, 15) is 13.2 Å². The first kappa shape index (κ1) is 23.4. The molecule has 7 nitrogen and oxygen atoms in total. The van der Waals surface area contributed by atoms with Crippen molar-refractivity contribution in [2.24, 2.45) is 5.10 Å². The largest absolute Gasteiger partial charge is 0.494 e. The number of rotatable bonds is 11. The molecule has 0 aliphatic heterocycles. The molecule has 0 aliphatic rings. The van der Waals surface area contributed by atoms with Crippen molar-refractivity contribution in [3.05, 3.63) is 59.7 Å². The molecular formula is C22H29N3O4S. The second kappa shape index (κ2) is 11.3. The van der Waals surface area contributed by atoms with Crippen LogP contribution in [0, 0.1) is 0 Å². The average Bonchev–Trinajstić information content (AvgIpc) is 2.73. The molecule has 2 rings (SSSR count). The second-order valence-electron chi connectivity index (χ2n) is 6.85. The van der Waals surface area contributed by atoms with Gasteiger partial charge in [-0.15, -0.1) is 0 Å². The molecule has 0 aliphatic carbocycles. The minimum Gasteiger partial charge on any atom is -0.494 e. The number of anilines is 1. The van der Waals surface area contributed by atoms with Gasteiger partial charge in [0.2, 0.25) is 10.0 Å². The fourth-order valence-corrected chi connectivity index (χ4v) is 3.48. The van der Waals surface area contributed by atoms with Crippen LogP contribution in [0.1, 0.15) is 37.8 Å². The van der Waals surface area contributed by atoms with Gasteiger partial charge >= 0.3 is 0 Å². The number of carbonyl (C=O) groups excluding carboxylic acids is 1. The highest BCUT2D eigenvalue weighted by Crippen LogP contribution is 2.18. The summed E-state index contributed by atoms with van der Waals surface area (Å²) in [6.45, 7) is 4.44. The van der Waals surface area contributed by atoms with Crippen LogP contribution in [0.15, 0.2) is 53.6 Å². The predicted molar refractivity (Wildman–Crippen MR) is 121 cm³/mol. The van der Waals surface area contributed by atoms with Crippen LogP contribution in [0.3, 0.4) is 0 Å². The topological polar surface area (TPSA) is 88.1 Å². The SMILES string of the molecule is CCCCOc1ccc(/C=N\NC(=O)CN(c2ccc(CC)cc2)S(C)(=O)=O)cc1. The first-order valence-corrected chi connectivity index (χ1v) is 11.8. The van der Waals surface area contributed by atoms with Gasteiger partial charge in [0.25, 0.3) is 5.91 Å². The Morgan fingerprint density at radius 1 is 1.10 bits per heavy atom. The Balaban J connectivity index is 1.95. The van der Waals surface area contributed by atoms with Gasteiger partial charge in [0, 0.05) is 0 Å². The molecule has 0 heterocycles. The number of hydrogen-bond acceptors (Lipinski definition) is 5. The normalized spacial score (nSPS) is 11.4. The van der Waals surface area contributed by atoms with Crippen molar-refractivity contribution < 1.29 is 17.9 Å². The second-order valence-corrected chi connectivity index (χ2v) is 8.76. The Labute approximate surface area is 178 Å². The predicted octanol–water partition coefficient (Wildman–Crippen LogP) is 3.34. The zero-order valence-electron chi connectivity index (χ0n) is 17.7. The number of hydrogen-bond donors (Lipinski definition) is 1. The van der Waals surface area contributed by atoms with E-state index in [1.54, 1.807) is 12.1 Å². The molecule has 0 atom stereocenters. The summed E-state index contributed by atoms with van der Waals surface area (Å²) in [7, 11) is -3.62. The first-order chi connectivity index (χ1) is 14.3. The molecule has 1 N–H and O–H groups in total. The van der Waals surface area contributed by atoms with Crippen molar-refractivity contribution >= 4 is 27.8 Å². The smallest absolute Gasteiger partial charge is 0.260 e. The monoisotopic (exact) mass is 431 g/mol. The minimum atomic E-state index is -3.62. The Bertz CT molecular complexity index is 939. The number of carbonyl (C=O) groups is 1. The van der Waals surface area contributed by atoms with E-state index in [1.807, 2.05) is 43.3 Å². The zero-order valence-corrected chi connectivity index (χ0v) is 18.5. The summed E-state index contributed by atoms with van der Waals surface area (Å²) in [5.74, 6) is 0.248. The van der Waals surface area contributed by atoms with Gasteiger partial charge in [-0.25, -0.2) is 13.8 Å². The van der Waals surface area contributed by atoms with E-state index in [-0.39, 0.29) is 6.54 Å². The summed E-state index contributed by atoms with van der Waals surface area (Å²) in [6.07, 6.45) is 5.49. The zero-order chi connectivity index (χ0) is 22.0. The lowest BCUT2D eigenvalue weighted by molar-refractivity contribution is -0.119. The van der Waals surface area contributed by atoms with Crippen LogP contribution in [-0.4, -0.2) is 39.9 Å². The fourth-order valence-electron chi connectivity index (χ4n) is 2.63. The van der Waals surface area contributed by atoms with Crippen molar-refractivity contribution in [3.63, 3.8) is 0 Å². The molecule has 1 amide bonds. The summed E-state index contributed by atoms with van der Waals surface area (Å²) < 4.78 is 30.9. The molecule has 8 heteroatoms. The van der Waals surface area contributed by atoms with E-state index in [2.05, 4.69) is 17.5 Å². The number of hydrazone groups is 1. The highest BCUT2D eigenvalue weighted by atomic mass is 32.2. The molecular weight excluding hydrogens is 402 g/mol. The fraction of sp³-hybridized carbons (Fsp3) is 0.364. The van der Waals surface area contributed by atoms with E-state index in [0.717, 1.165) is 46.7 Å². The van der Waals surface area contributed by atoms with Crippen molar-refractivity contribution in [1.29, 1.82) is 0 Å². The Hall–Kier alpha value is -2.87. The number of nitrogens with zero attached hydrogens (tertiary/aromatic N) is 2. The van der Waals surface area contributed by atoms with E-state index in [1.165, 1.54) is 6.21 Å². The maximum Gasteiger partial charge on any atom is 0.260 e. The van der Waals surface area contributed by atoms with Crippen LogP contribution in [0.4, 0.5) is 5.69 Å². The molecule has 2 aromatic carbocycles. The van der Waals surface area contributed by atoms with Gasteiger partial charge in [0.15, 0.2) is 0 Å². The molecule has 0 fully saturated rings. The molecule has 30 heavy (non-hydrogen) atoms. The van der Waals surface area contributed by atoms with Gasteiger partial charge in [-0.1, -0.05) is 32.4 Å². The number of benzene rings is 2. The number of aryl methyl sites for hydroxylation is 1. The molecule has 0 saturated carbocycles. The highest BCUT2D eigenvalue weighted by Gasteiger charge is 2.20. The van der Waals surface area contributed by atoms with Crippen LogP contribution < -0.4 is 14.5 Å². The summed E-state index contributed by atoms with van der Waals surface area (Å²) >= 11 is 0. The lowest BCUT2D eigenvalue weighted by Crippen LogP contribution is -2.39. The van der Waals surface area contributed by atoms with Gasteiger partial charge < -0.3 is 4.74 Å². The highest BCUT2D eigenvalue weighted by molar-refractivity contribution is 7.92. The third kappa shape index (κ3) is 7.51. The molecule has 162 valence electrons. The van der Waals surface area contributed by atoms with Gasteiger partial charge in [0.1, 0.15) is 12.3 Å². The van der Waals surface area contributed by atoms with Crippen molar-refractivity contribution in [3.8, 4) is 5.75 Å². The molecule has 0 saturated heterocycles. The maximum absolute atomic E-state index is 12.2. The summed E-state index contributed by atoms with van der Waals surface area (Å²) in [5.41, 5.74) is 4.68. The van der Waals surface area contributed by atoms with E-state index < -0.39 is 15.9 Å². The Kier molecular flexibility index (Phi) is 8.86. The average molecular weight is 432 g/mol. The van der Waals surface area contributed by atoms with Crippen molar-refractivity contribution in [1.82, 2.24) is 5.43 Å². The Morgan fingerprint density at radius 2 is 1.77 bits per heavy atom. The summed E-state index contributed by atoms with van der Waals surface area (Å²) in [6, 6.07) is 14.4. The third-order valence-corrected chi connectivity index (χ3v) is 5.51. The summed E-state index contributed by atoms with van der Waals surface area (Å²) in [5, 5.41) is 3.92. The third-order valence-electron chi connectivity index (χ3n) is 4.37. The molecule has 0 spiro atoms. The van der Waals surface area contributed by atoms with Crippen LogP contribution in [0.5, 0.6) is 5.75 Å². The van der Waals surface area contributed by atoms with E-state index in [0.29, 0.717) is 12.3 Å². The van der Waals surface area contributed by atoms with E-state index in [4.69, 9.17) is 4.74 Å². The number of amides is 1. The molecule has 0 aromatic heterocycles. The molecule has 2 aromatic rings. The number of unbranched alkanes of at least 4 members (excludes halogenated alkanes) is 1. The van der Waals surface area contributed by atoms with Crippen molar-refractivity contribution in [2.45, 2.75) is 33.1 Å². The van der Waals surface area contributed by atoms with Gasteiger partial charge in [0.05, 0.1) is 24.8 Å².